The van der Waals surface area contributed by atoms with Gasteiger partial charge in [0.15, 0.2) is 0 Å². The van der Waals surface area contributed by atoms with E-state index in [9.17, 15) is 9.59 Å². The number of aliphatic carboxylic acids is 1. The van der Waals surface area contributed by atoms with Crippen molar-refractivity contribution in [2.45, 2.75) is 38.3 Å². The highest BCUT2D eigenvalue weighted by Crippen LogP contribution is 2.03. The van der Waals surface area contributed by atoms with Crippen LogP contribution < -0.4 is 11.5 Å². The first-order valence-corrected chi connectivity index (χ1v) is 4.85. The summed E-state index contributed by atoms with van der Waals surface area (Å²) in [5, 5.41) is 8.51. The first-order valence-electron chi connectivity index (χ1n) is 4.85. The van der Waals surface area contributed by atoms with E-state index in [0.717, 1.165) is 0 Å². The summed E-state index contributed by atoms with van der Waals surface area (Å²) in [4.78, 5) is 21.5. The first-order chi connectivity index (χ1) is 7.49. The molecule has 2 atom stereocenters. The standard InChI is InChI=1S/C10H16N2O4/c1-2-6-16-10(15)8(12)5-3-4-7(11)9(13)14/h7-8H,3-5,11-12H2,1H3,(H,13,14)/t7-,8?/m0/s1. The molecule has 16 heavy (non-hydrogen) atoms. The van der Waals surface area contributed by atoms with E-state index in [4.69, 9.17) is 16.6 Å². The van der Waals surface area contributed by atoms with Gasteiger partial charge < -0.3 is 21.3 Å². The summed E-state index contributed by atoms with van der Waals surface area (Å²) in [6, 6.07) is -1.71. The predicted octanol–water partition coefficient (Wildman–Crippen LogP) is -0.580. The zero-order chi connectivity index (χ0) is 12.6. The number of carbonyl (C=O) groups excluding carboxylic acids is 1. The lowest BCUT2D eigenvalue weighted by atomic mass is 10.1. The summed E-state index contributed by atoms with van der Waals surface area (Å²) in [6.07, 6.45) is 3.19. The highest BCUT2D eigenvalue weighted by molar-refractivity contribution is 5.76. The average molecular weight is 228 g/mol. The molecule has 0 saturated heterocycles. The Hall–Kier alpha value is -1.58. The van der Waals surface area contributed by atoms with E-state index in [1.54, 1.807) is 0 Å². The number of carboxylic acid groups (broad SMARTS) is 1. The molecule has 1 unspecified atom stereocenters. The second-order valence-corrected chi connectivity index (χ2v) is 3.26. The topological polar surface area (TPSA) is 116 Å². The molecule has 5 N–H and O–H groups in total. The Bertz CT molecular complexity index is 306. The van der Waals surface area contributed by atoms with Crippen LogP contribution in [0.5, 0.6) is 0 Å². The normalized spacial score (nSPS) is 13.2. The van der Waals surface area contributed by atoms with Gasteiger partial charge in [0.2, 0.25) is 0 Å². The maximum atomic E-state index is 11.1. The SMILES string of the molecule is CC#COC(=O)C(N)CCC[C@H](N)C(=O)O. The molecule has 0 fully saturated rings. The van der Waals surface area contributed by atoms with Crippen molar-refractivity contribution in [2.75, 3.05) is 0 Å². The Morgan fingerprint density at radius 2 is 1.88 bits per heavy atom. The number of nitrogens with two attached hydrogens (primary N) is 2. The second-order valence-electron chi connectivity index (χ2n) is 3.26. The molecule has 6 nitrogen and oxygen atoms in total. The molecule has 0 radical (unpaired) electrons. The third-order valence-electron chi connectivity index (χ3n) is 1.90. The largest absolute Gasteiger partial charge is 0.480 e. The summed E-state index contributed by atoms with van der Waals surface area (Å²) >= 11 is 0. The van der Waals surface area contributed by atoms with Crippen LogP contribution in [0.1, 0.15) is 26.2 Å². The molecule has 0 aromatic heterocycles. The number of esters is 1. The van der Waals surface area contributed by atoms with Gasteiger partial charge in [-0.1, -0.05) is 5.92 Å². The molecule has 0 aliphatic carbocycles. The van der Waals surface area contributed by atoms with Crippen molar-refractivity contribution >= 4 is 11.9 Å². The molecule has 0 rings (SSSR count). The van der Waals surface area contributed by atoms with E-state index in [-0.39, 0.29) is 6.42 Å². The van der Waals surface area contributed by atoms with Crippen LogP contribution >= 0.6 is 0 Å². The summed E-state index contributed by atoms with van der Waals surface area (Å²) in [7, 11) is 0. The zero-order valence-corrected chi connectivity index (χ0v) is 9.10. The molecule has 0 aromatic rings. The molecule has 0 saturated carbocycles. The molecular formula is C10H16N2O4. The Morgan fingerprint density at radius 3 is 2.38 bits per heavy atom. The molecule has 0 bridgehead atoms. The highest BCUT2D eigenvalue weighted by Gasteiger charge is 2.16. The Morgan fingerprint density at radius 1 is 1.31 bits per heavy atom. The summed E-state index contributed by atoms with van der Waals surface area (Å²) < 4.78 is 4.49. The second kappa shape index (κ2) is 7.68. The van der Waals surface area contributed by atoms with Crippen molar-refractivity contribution in [1.29, 1.82) is 0 Å². The van der Waals surface area contributed by atoms with E-state index in [0.29, 0.717) is 12.8 Å². The van der Waals surface area contributed by atoms with Crippen LogP contribution in [0.4, 0.5) is 0 Å². The number of hydrogen-bond donors (Lipinski definition) is 3. The van der Waals surface area contributed by atoms with Gasteiger partial charge in [0, 0.05) is 6.92 Å². The summed E-state index contributed by atoms with van der Waals surface area (Å²) in [6.45, 7) is 1.53. The summed E-state index contributed by atoms with van der Waals surface area (Å²) in [5.41, 5.74) is 10.8. The monoisotopic (exact) mass is 228 g/mol. The smallest absolute Gasteiger partial charge is 0.336 e. The van der Waals surface area contributed by atoms with Crippen LogP contribution in [-0.4, -0.2) is 29.1 Å². The lowest BCUT2D eigenvalue weighted by Gasteiger charge is -2.09. The van der Waals surface area contributed by atoms with Crippen molar-refractivity contribution in [2.24, 2.45) is 11.5 Å². The van der Waals surface area contributed by atoms with E-state index in [1.807, 2.05) is 0 Å². The third-order valence-corrected chi connectivity index (χ3v) is 1.90. The molecule has 0 heterocycles. The zero-order valence-electron chi connectivity index (χ0n) is 9.10. The van der Waals surface area contributed by atoms with E-state index in [2.05, 4.69) is 16.8 Å². The van der Waals surface area contributed by atoms with Crippen molar-refractivity contribution < 1.29 is 19.4 Å². The maximum Gasteiger partial charge on any atom is 0.336 e. The molecule has 0 amide bonds. The lowest BCUT2D eigenvalue weighted by molar-refractivity contribution is -0.138. The van der Waals surface area contributed by atoms with Crippen molar-refractivity contribution in [3.05, 3.63) is 0 Å². The Balaban J connectivity index is 3.79. The summed E-state index contributed by atoms with van der Waals surface area (Å²) in [5.74, 6) is 0.722. The highest BCUT2D eigenvalue weighted by atomic mass is 16.5. The van der Waals surface area contributed by atoms with Crippen molar-refractivity contribution in [3.63, 3.8) is 0 Å². The van der Waals surface area contributed by atoms with Crippen LogP contribution in [0, 0.1) is 12.0 Å². The van der Waals surface area contributed by atoms with Crippen LogP contribution in [0.15, 0.2) is 0 Å². The third kappa shape index (κ3) is 6.01. The van der Waals surface area contributed by atoms with Gasteiger partial charge >= 0.3 is 11.9 Å². The van der Waals surface area contributed by atoms with Gasteiger partial charge in [0.05, 0.1) is 0 Å². The van der Waals surface area contributed by atoms with Crippen molar-refractivity contribution in [3.8, 4) is 12.0 Å². The number of carboxylic acids is 1. The van der Waals surface area contributed by atoms with Crippen LogP contribution in [0.3, 0.4) is 0 Å². The molecule has 0 aliphatic heterocycles. The number of rotatable bonds is 6. The van der Waals surface area contributed by atoms with Gasteiger partial charge in [-0.15, -0.1) is 0 Å². The molecule has 0 aliphatic rings. The predicted molar refractivity (Wildman–Crippen MR) is 57.0 cm³/mol. The first kappa shape index (κ1) is 14.4. The van der Waals surface area contributed by atoms with Gasteiger partial charge in [-0.3, -0.25) is 4.79 Å². The number of carbonyl (C=O) groups is 2. The van der Waals surface area contributed by atoms with E-state index in [1.165, 1.54) is 6.92 Å². The molecule has 0 spiro atoms. The fraction of sp³-hybridized carbons (Fsp3) is 0.600. The van der Waals surface area contributed by atoms with E-state index >= 15 is 0 Å². The average Bonchev–Trinajstić information content (AvgIpc) is 2.25. The number of hydrogen-bond acceptors (Lipinski definition) is 5. The van der Waals surface area contributed by atoms with Crippen LogP contribution in [0.25, 0.3) is 0 Å². The van der Waals surface area contributed by atoms with Gasteiger partial charge in [0.25, 0.3) is 0 Å². The number of ether oxygens (including phenoxy) is 1. The van der Waals surface area contributed by atoms with Gasteiger partial charge in [0.1, 0.15) is 18.2 Å². The minimum Gasteiger partial charge on any atom is -0.480 e. The molecule has 6 heteroatoms. The lowest BCUT2D eigenvalue weighted by Crippen LogP contribution is -2.33. The minimum absolute atomic E-state index is 0.274. The van der Waals surface area contributed by atoms with Crippen LogP contribution in [0.2, 0.25) is 0 Å². The maximum absolute atomic E-state index is 11.1. The minimum atomic E-state index is -1.06. The fourth-order valence-electron chi connectivity index (χ4n) is 0.976. The van der Waals surface area contributed by atoms with Gasteiger partial charge in [-0.2, -0.15) is 0 Å². The molecule has 90 valence electrons. The quantitative estimate of drug-likeness (QED) is 0.414. The Labute approximate surface area is 93.9 Å². The van der Waals surface area contributed by atoms with Crippen LogP contribution in [-0.2, 0) is 14.3 Å². The molecule has 0 aromatic carbocycles. The Kier molecular flexibility index (Phi) is 6.92. The van der Waals surface area contributed by atoms with Gasteiger partial charge in [-0.05, 0) is 19.3 Å². The fourth-order valence-corrected chi connectivity index (χ4v) is 0.976. The molecular weight excluding hydrogens is 212 g/mol. The van der Waals surface area contributed by atoms with E-state index < -0.39 is 24.0 Å². The van der Waals surface area contributed by atoms with Crippen molar-refractivity contribution in [1.82, 2.24) is 0 Å². The van der Waals surface area contributed by atoms with Gasteiger partial charge in [-0.25, -0.2) is 4.79 Å².